The minimum Gasteiger partial charge on any atom is -0.323 e. The van der Waals surface area contributed by atoms with E-state index in [1.54, 1.807) is 13.3 Å². The highest BCUT2D eigenvalue weighted by molar-refractivity contribution is 6.31. The topological polar surface area (TPSA) is 62.8 Å². The summed E-state index contributed by atoms with van der Waals surface area (Å²) in [5.74, 6) is 5.00. The number of nitrogens with two attached hydrogens (primary N) is 1. The minimum absolute atomic E-state index is 0.661. The summed E-state index contributed by atoms with van der Waals surface area (Å²) in [7, 11) is 3.51. The summed E-state index contributed by atoms with van der Waals surface area (Å²) in [4.78, 5) is 3.75. The number of aliphatic imine (C=N–C) groups is 1. The molecule has 0 radical (unpaired) electrons. The zero-order valence-corrected chi connectivity index (χ0v) is 5.76. The Labute approximate surface area is 54.8 Å². The van der Waals surface area contributed by atoms with E-state index in [4.69, 9.17) is 5.84 Å². The highest BCUT2D eigenvalue weighted by atomic mass is 15.1. The maximum absolute atomic E-state index is 5.00. The summed E-state index contributed by atoms with van der Waals surface area (Å²) in [5, 5.41) is 6.37. The van der Waals surface area contributed by atoms with E-state index in [1.807, 2.05) is 7.05 Å². The summed E-state index contributed by atoms with van der Waals surface area (Å²) in [6.07, 6.45) is 1.62. The van der Waals surface area contributed by atoms with Gasteiger partial charge in [0.05, 0.1) is 5.71 Å². The molecule has 0 saturated carbocycles. The first-order valence-electron chi connectivity index (χ1n) is 2.68. The van der Waals surface area contributed by atoms with Crippen LogP contribution in [0.2, 0.25) is 0 Å². The van der Waals surface area contributed by atoms with E-state index in [2.05, 4.69) is 15.4 Å². The van der Waals surface area contributed by atoms with Crippen molar-refractivity contribution in [2.45, 2.75) is 0 Å². The van der Waals surface area contributed by atoms with E-state index < -0.39 is 0 Å². The van der Waals surface area contributed by atoms with Crippen LogP contribution in [0, 0.1) is 0 Å². The third kappa shape index (κ3) is 3.66. The Balaban J connectivity index is 3.70. The van der Waals surface area contributed by atoms with Crippen LogP contribution >= 0.6 is 0 Å². The smallest absolute Gasteiger partial charge is 0.0915 e. The number of nitrogens with one attached hydrogen (secondary N) is 1. The van der Waals surface area contributed by atoms with Gasteiger partial charge in [-0.1, -0.05) is 0 Å². The van der Waals surface area contributed by atoms with Crippen molar-refractivity contribution in [2.75, 3.05) is 20.6 Å². The molecule has 0 atom stereocenters. The highest BCUT2D eigenvalue weighted by Gasteiger charge is 1.88. The molecule has 9 heavy (non-hydrogen) atoms. The van der Waals surface area contributed by atoms with Crippen molar-refractivity contribution < 1.29 is 0 Å². The van der Waals surface area contributed by atoms with E-state index in [-0.39, 0.29) is 0 Å². The highest BCUT2D eigenvalue weighted by Crippen LogP contribution is 1.66. The molecule has 4 nitrogen and oxygen atoms in total. The van der Waals surface area contributed by atoms with Gasteiger partial charge in [0.25, 0.3) is 0 Å². The van der Waals surface area contributed by atoms with E-state index in [9.17, 15) is 0 Å². The number of hydrogen-bond donors (Lipinski definition) is 2. The Morgan fingerprint density at radius 1 is 1.78 bits per heavy atom. The van der Waals surface area contributed by atoms with Crippen molar-refractivity contribution in [1.29, 1.82) is 0 Å². The molecule has 0 aromatic carbocycles. The summed E-state index contributed by atoms with van der Waals surface area (Å²) in [6.45, 7) is 0.661. The molecule has 0 bridgehead atoms. The Bertz CT molecular complexity index is 116. The molecule has 0 aliphatic rings. The quantitative estimate of drug-likeness (QED) is 0.297. The fraction of sp³-hybridized carbons (Fsp3) is 0.600. The van der Waals surface area contributed by atoms with E-state index in [0.29, 0.717) is 6.54 Å². The Kier molecular flexibility index (Phi) is 4.72. The second kappa shape index (κ2) is 5.24. The van der Waals surface area contributed by atoms with Crippen LogP contribution in [0.1, 0.15) is 0 Å². The van der Waals surface area contributed by atoms with Crippen molar-refractivity contribution in [2.24, 2.45) is 15.9 Å². The van der Waals surface area contributed by atoms with Gasteiger partial charge in [-0.3, -0.25) is 4.99 Å². The van der Waals surface area contributed by atoms with Crippen LogP contribution in [-0.4, -0.2) is 32.6 Å². The van der Waals surface area contributed by atoms with Crippen molar-refractivity contribution >= 4 is 11.9 Å². The molecule has 0 rings (SSSR count). The Morgan fingerprint density at radius 3 is 2.78 bits per heavy atom. The molecule has 0 aromatic heterocycles. The molecule has 0 aromatic rings. The average molecular weight is 128 g/mol. The molecular weight excluding hydrogens is 116 g/mol. The van der Waals surface area contributed by atoms with Crippen molar-refractivity contribution in [1.82, 2.24) is 5.32 Å². The van der Waals surface area contributed by atoms with Gasteiger partial charge in [0.2, 0.25) is 0 Å². The molecule has 0 fully saturated rings. The Morgan fingerprint density at radius 2 is 2.44 bits per heavy atom. The molecule has 0 aliphatic heterocycles. The van der Waals surface area contributed by atoms with Gasteiger partial charge in [-0.15, -0.1) is 0 Å². The molecule has 0 unspecified atom stereocenters. The predicted octanol–water partition coefficient (Wildman–Crippen LogP) is -0.779. The fourth-order valence-electron chi connectivity index (χ4n) is 0.455. The van der Waals surface area contributed by atoms with E-state index in [1.165, 1.54) is 0 Å². The van der Waals surface area contributed by atoms with Crippen LogP contribution in [0.25, 0.3) is 0 Å². The monoisotopic (exact) mass is 128 g/mol. The number of hydrazone groups is 1. The van der Waals surface area contributed by atoms with Gasteiger partial charge in [0.1, 0.15) is 0 Å². The molecule has 0 aliphatic carbocycles. The predicted molar refractivity (Wildman–Crippen MR) is 40.0 cm³/mol. The van der Waals surface area contributed by atoms with Gasteiger partial charge in [0, 0.05) is 19.8 Å². The molecule has 0 spiro atoms. The van der Waals surface area contributed by atoms with Crippen molar-refractivity contribution in [3.63, 3.8) is 0 Å². The number of rotatable bonds is 3. The molecular formula is C5H12N4. The second-order valence-corrected chi connectivity index (χ2v) is 1.54. The van der Waals surface area contributed by atoms with Gasteiger partial charge in [-0.05, 0) is 7.05 Å². The molecule has 3 N–H and O–H groups in total. The van der Waals surface area contributed by atoms with Crippen molar-refractivity contribution in [3.05, 3.63) is 0 Å². The molecule has 0 saturated heterocycles. The SMILES string of the molecule is CN=C/C(CNC)=N\N. The van der Waals surface area contributed by atoms with Gasteiger partial charge < -0.3 is 11.2 Å². The first kappa shape index (κ1) is 8.10. The van der Waals surface area contributed by atoms with Crippen LogP contribution in [0.15, 0.2) is 10.1 Å². The summed E-state index contributed by atoms with van der Waals surface area (Å²) in [6, 6.07) is 0. The average Bonchev–Trinajstić information content (AvgIpc) is 1.88. The molecule has 52 valence electrons. The van der Waals surface area contributed by atoms with E-state index >= 15 is 0 Å². The van der Waals surface area contributed by atoms with Crippen molar-refractivity contribution in [3.8, 4) is 0 Å². The zero-order chi connectivity index (χ0) is 7.11. The summed E-state index contributed by atoms with van der Waals surface area (Å²) < 4.78 is 0. The summed E-state index contributed by atoms with van der Waals surface area (Å²) >= 11 is 0. The largest absolute Gasteiger partial charge is 0.323 e. The lowest BCUT2D eigenvalue weighted by molar-refractivity contribution is 0.946. The van der Waals surface area contributed by atoms with Gasteiger partial charge in [-0.25, -0.2) is 0 Å². The molecule has 4 heteroatoms. The van der Waals surface area contributed by atoms with Gasteiger partial charge >= 0.3 is 0 Å². The van der Waals surface area contributed by atoms with E-state index in [0.717, 1.165) is 5.71 Å². The molecule has 0 amide bonds. The van der Waals surface area contributed by atoms with Gasteiger partial charge in [-0.2, -0.15) is 5.10 Å². The molecule has 0 heterocycles. The maximum atomic E-state index is 5.00. The lowest BCUT2D eigenvalue weighted by Gasteiger charge is -1.93. The van der Waals surface area contributed by atoms with Crippen LogP contribution in [0.4, 0.5) is 0 Å². The van der Waals surface area contributed by atoms with Crippen LogP contribution in [0.3, 0.4) is 0 Å². The normalized spacial score (nSPS) is 12.9. The lowest BCUT2D eigenvalue weighted by atomic mass is 10.4. The maximum Gasteiger partial charge on any atom is 0.0915 e. The van der Waals surface area contributed by atoms with Gasteiger partial charge in [0.15, 0.2) is 0 Å². The first-order valence-corrected chi connectivity index (χ1v) is 2.68. The number of nitrogens with zero attached hydrogens (tertiary/aromatic N) is 2. The summed E-state index contributed by atoms with van der Waals surface area (Å²) in [5.41, 5.74) is 0.750. The lowest BCUT2D eigenvalue weighted by Crippen LogP contribution is -2.20. The Hall–Kier alpha value is -0.900. The van der Waals surface area contributed by atoms with Crippen LogP contribution in [-0.2, 0) is 0 Å². The van der Waals surface area contributed by atoms with Crippen LogP contribution < -0.4 is 11.2 Å². The third-order valence-corrected chi connectivity index (χ3v) is 0.802. The second-order valence-electron chi connectivity index (χ2n) is 1.54. The third-order valence-electron chi connectivity index (χ3n) is 0.802. The standard InChI is InChI=1S/C5H12N4/c1-7-3-5(9-6)4-8-2/h3,8H,4,6H2,1-2H3/b7-3?,9-5+. The fourth-order valence-corrected chi connectivity index (χ4v) is 0.455. The first-order chi connectivity index (χ1) is 4.35. The van der Waals surface area contributed by atoms with Crippen LogP contribution in [0.5, 0.6) is 0 Å². The minimum atomic E-state index is 0.661. The number of hydrogen-bond acceptors (Lipinski definition) is 4. The zero-order valence-electron chi connectivity index (χ0n) is 5.76.